The topological polar surface area (TPSA) is 50.8 Å². The zero-order chi connectivity index (χ0) is 20.6. The second-order valence-corrected chi connectivity index (χ2v) is 7.34. The molecule has 0 aromatic heterocycles. The lowest BCUT2D eigenvalue weighted by Crippen LogP contribution is -2.43. The summed E-state index contributed by atoms with van der Waals surface area (Å²) in [5.41, 5.74) is 1.15. The molecule has 0 spiro atoms. The fraction of sp³-hybridized carbons (Fsp3) is 0.435. The SMILES string of the molecule is COc1ccc([C@@H](CNC(=O)[C@@H](C)Oc2ccc(F)cc2)N2CCCCC2)cc1. The molecule has 1 aliphatic rings. The van der Waals surface area contributed by atoms with Crippen molar-refractivity contribution in [2.45, 2.75) is 38.3 Å². The first kappa shape index (κ1) is 21.1. The third-order valence-corrected chi connectivity index (χ3v) is 5.30. The molecule has 2 aromatic carbocycles. The zero-order valence-corrected chi connectivity index (χ0v) is 17.1. The molecule has 2 atom stereocenters. The van der Waals surface area contributed by atoms with Crippen LogP contribution in [0, 0.1) is 5.82 Å². The Balaban J connectivity index is 1.63. The number of likely N-dealkylation sites (tertiary alicyclic amines) is 1. The van der Waals surface area contributed by atoms with E-state index in [9.17, 15) is 9.18 Å². The van der Waals surface area contributed by atoms with E-state index in [1.54, 1.807) is 14.0 Å². The molecule has 1 aliphatic heterocycles. The molecule has 1 saturated heterocycles. The van der Waals surface area contributed by atoms with Crippen LogP contribution in [0.25, 0.3) is 0 Å². The van der Waals surface area contributed by atoms with E-state index >= 15 is 0 Å². The Morgan fingerprint density at radius 2 is 1.66 bits per heavy atom. The number of nitrogens with zero attached hydrogens (tertiary/aromatic N) is 1. The van der Waals surface area contributed by atoms with Gasteiger partial charge in [0.2, 0.25) is 0 Å². The number of carbonyl (C=O) groups is 1. The predicted octanol–water partition coefficient (Wildman–Crippen LogP) is 3.95. The molecule has 3 rings (SSSR count). The molecule has 0 bridgehead atoms. The van der Waals surface area contributed by atoms with Crippen LogP contribution in [0.2, 0.25) is 0 Å². The van der Waals surface area contributed by atoms with Crippen LogP contribution in [0.1, 0.15) is 37.8 Å². The summed E-state index contributed by atoms with van der Waals surface area (Å²) < 4.78 is 23.9. The van der Waals surface area contributed by atoms with Crippen molar-refractivity contribution in [3.8, 4) is 11.5 Å². The van der Waals surface area contributed by atoms with Gasteiger partial charge in [0.1, 0.15) is 17.3 Å². The van der Waals surface area contributed by atoms with E-state index in [1.807, 2.05) is 12.1 Å². The summed E-state index contributed by atoms with van der Waals surface area (Å²) in [5.74, 6) is 0.761. The Labute approximate surface area is 171 Å². The first-order chi connectivity index (χ1) is 14.1. The molecule has 1 N–H and O–H groups in total. The second kappa shape index (κ2) is 10.3. The van der Waals surface area contributed by atoms with E-state index in [1.165, 1.54) is 43.5 Å². The Morgan fingerprint density at radius 3 is 2.28 bits per heavy atom. The van der Waals surface area contributed by atoms with Crippen molar-refractivity contribution < 1.29 is 18.7 Å². The summed E-state index contributed by atoms with van der Waals surface area (Å²) in [6.45, 7) is 4.24. The summed E-state index contributed by atoms with van der Waals surface area (Å²) in [5, 5.41) is 3.03. The van der Waals surface area contributed by atoms with Gasteiger partial charge in [-0.25, -0.2) is 4.39 Å². The molecule has 0 aliphatic carbocycles. The van der Waals surface area contributed by atoms with Crippen LogP contribution in [-0.4, -0.2) is 43.7 Å². The predicted molar refractivity (Wildman–Crippen MR) is 111 cm³/mol. The van der Waals surface area contributed by atoms with Crippen molar-refractivity contribution in [2.75, 3.05) is 26.7 Å². The van der Waals surface area contributed by atoms with E-state index in [4.69, 9.17) is 9.47 Å². The van der Waals surface area contributed by atoms with E-state index < -0.39 is 6.10 Å². The van der Waals surface area contributed by atoms with Crippen LogP contribution in [-0.2, 0) is 4.79 Å². The van der Waals surface area contributed by atoms with E-state index in [2.05, 4.69) is 22.3 Å². The normalized spacial score (nSPS) is 16.7. The maximum atomic E-state index is 13.0. The first-order valence-corrected chi connectivity index (χ1v) is 10.1. The zero-order valence-electron chi connectivity index (χ0n) is 17.1. The average molecular weight is 400 g/mol. The van der Waals surface area contributed by atoms with Gasteiger partial charge in [0.25, 0.3) is 5.91 Å². The first-order valence-electron chi connectivity index (χ1n) is 10.1. The number of carbonyl (C=O) groups excluding carboxylic acids is 1. The smallest absolute Gasteiger partial charge is 0.260 e. The lowest BCUT2D eigenvalue weighted by Gasteiger charge is -2.35. The molecule has 2 aromatic rings. The molecule has 156 valence electrons. The minimum absolute atomic E-state index is 0.100. The molecule has 1 amide bonds. The number of piperidine rings is 1. The summed E-state index contributed by atoms with van der Waals surface area (Å²) >= 11 is 0. The van der Waals surface area contributed by atoms with Gasteiger partial charge in [-0.2, -0.15) is 0 Å². The number of methoxy groups -OCH3 is 1. The fourth-order valence-electron chi connectivity index (χ4n) is 3.63. The van der Waals surface area contributed by atoms with Gasteiger partial charge in [0.05, 0.1) is 13.2 Å². The molecular formula is C23H29FN2O3. The quantitative estimate of drug-likeness (QED) is 0.729. The van der Waals surface area contributed by atoms with Gasteiger partial charge in [-0.05, 0) is 74.8 Å². The van der Waals surface area contributed by atoms with Crippen molar-refractivity contribution in [3.05, 3.63) is 59.9 Å². The number of hydrogen-bond donors (Lipinski definition) is 1. The highest BCUT2D eigenvalue weighted by Gasteiger charge is 2.24. The Kier molecular flexibility index (Phi) is 7.47. The summed E-state index contributed by atoms with van der Waals surface area (Å²) in [6, 6.07) is 13.8. The lowest BCUT2D eigenvalue weighted by molar-refractivity contribution is -0.127. The van der Waals surface area contributed by atoms with Crippen LogP contribution in [0.4, 0.5) is 4.39 Å². The van der Waals surface area contributed by atoms with Crippen LogP contribution < -0.4 is 14.8 Å². The Hall–Kier alpha value is -2.60. The van der Waals surface area contributed by atoms with E-state index in [-0.39, 0.29) is 17.8 Å². The van der Waals surface area contributed by atoms with Crippen molar-refractivity contribution in [3.63, 3.8) is 0 Å². The van der Waals surface area contributed by atoms with Crippen molar-refractivity contribution in [2.24, 2.45) is 0 Å². The summed E-state index contributed by atoms with van der Waals surface area (Å²) in [4.78, 5) is 15.0. The molecule has 6 heteroatoms. The number of nitrogens with one attached hydrogen (secondary N) is 1. The van der Waals surface area contributed by atoms with E-state index in [0.29, 0.717) is 12.3 Å². The summed E-state index contributed by atoms with van der Waals surface area (Å²) in [7, 11) is 1.65. The molecule has 0 unspecified atom stereocenters. The molecule has 1 fully saturated rings. The van der Waals surface area contributed by atoms with Crippen LogP contribution in [0.3, 0.4) is 0 Å². The van der Waals surface area contributed by atoms with Gasteiger partial charge in [-0.3, -0.25) is 9.69 Å². The maximum absolute atomic E-state index is 13.0. The van der Waals surface area contributed by atoms with Gasteiger partial charge in [-0.1, -0.05) is 18.6 Å². The Morgan fingerprint density at radius 1 is 1.03 bits per heavy atom. The molecule has 0 radical (unpaired) electrons. The largest absolute Gasteiger partial charge is 0.497 e. The number of ether oxygens (including phenoxy) is 2. The number of benzene rings is 2. The van der Waals surface area contributed by atoms with Crippen LogP contribution in [0.5, 0.6) is 11.5 Å². The highest BCUT2D eigenvalue weighted by Crippen LogP contribution is 2.26. The van der Waals surface area contributed by atoms with Gasteiger partial charge in [0.15, 0.2) is 6.10 Å². The summed E-state index contributed by atoms with van der Waals surface area (Å²) in [6.07, 6.45) is 2.93. The number of amides is 1. The molecule has 1 heterocycles. The second-order valence-electron chi connectivity index (χ2n) is 7.34. The van der Waals surface area contributed by atoms with E-state index in [0.717, 1.165) is 24.4 Å². The monoisotopic (exact) mass is 400 g/mol. The lowest BCUT2D eigenvalue weighted by atomic mass is 10.0. The van der Waals surface area contributed by atoms with Crippen molar-refractivity contribution >= 4 is 5.91 Å². The Bertz CT molecular complexity index is 774. The van der Waals surface area contributed by atoms with Gasteiger partial charge in [-0.15, -0.1) is 0 Å². The molecule has 0 saturated carbocycles. The highest BCUT2D eigenvalue weighted by atomic mass is 19.1. The van der Waals surface area contributed by atoms with Crippen LogP contribution in [0.15, 0.2) is 48.5 Å². The average Bonchev–Trinajstić information content (AvgIpc) is 2.76. The molecule has 29 heavy (non-hydrogen) atoms. The van der Waals surface area contributed by atoms with Crippen molar-refractivity contribution in [1.29, 1.82) is 0 Å². The van der Waals surface area contributed by atoms with Crippen molar-refractivity contribution in [1.82, 2.24) is 10.2 Å². The van der Waals surface area contributed by atoms with Crippen LogP contribution >= 0.6 is 0 Å². The minimum atomic E-state index is -0.668. The number of rotatable bonds is 8. The third kappa shape index (κ3) is 5.94. The molecular weight excluding hydrogens is 371 g/mol. The van der Waals surface area contributed by atoms with Gasteiger partial charge >= 0.3 is 0 Å². The standard InChI is InChI=1S/C23H29FN2O3/c1-17(29-21-12-8-19(24)9-13-21)23(27)25-16-22(26-14-4-3-5-15-26)18-6-10-20(28-2)11-7-18/h6-13,17,22H,3-5,14-16H2,1-2H3,(H,25,27)/t17-,22-/m1/s1. The third-order valence-electron chi connectivity index (χ3n) is 5.30. The maximum Gasteiger partial charge on any atom is 0.260 e. The molecule has 5 nitrogen and oxygen atoms in total. The van der Waals surface area contributed by atoms with Gasteiger partial charge in [0, 0.05) is 6.54 Å². The minimum Gasteiger partial charge on any atom is -0.497 e. The number of hydrogen-bond acceptors (Lipinski definition) is 4. The highest BCUT2D eigenvalue weighted by molar-refractivity contribution is 5.80. The van der Waals surface area contributed by atoms with Gasteiger partial charge < -0.3 is 14.8 Å². The fourth-order valence-corrected chi connectivity index (χ4v) is 3.63. The number of halogens is 1.